The van der Waals surface area contributed by atoms with Gasteiger partial charge in [0.05, 0.1) is 13.2 Å². The summed E-state index contributed by atoms with van der Waals surface area (Å²) in [6.07, 6.45) is 1.55. The number of halogens is 2. The van der Waals surface area contributed by atoms with Gasteiger partial charge in [-0.15, -0.1) is 0 Å². The Morgan fingerprint density at radius 1 is 1.23 bits per heavy atom. The zero-order valence-electron chi connectivity index (χ0n) is 14.0. The highest BCUT2D eigenvalue weighted by Crippen LogP contribution is 2.27. The molecule has 1 fully saturated rings. The molecular weight excluding hydrogens is 403 g/mol. The number of nitrogens with zero attached hydrogens (tertiary/aromatic N) is 1. The van der Waals surface area contributed by atoms with Gasteiger partial charge in [0.25, 0.3) is 5.91 Å². The van der Waals surface area contributed by atoms with Gasteiger partial charge in [0, 0.05) is 15.6 Å². The maximum Gasteiger partial charge on any atom is 0.329 e. The molecule has 0 radical (unpaired) electrons. The lowest BCUT2D eigenvalue weighted by atomic mass is 10.1. The van der Waals surface area contributed by atoms with Gasteiger partial charge in [-0.2, -0.15) is 0 Å². The average Bonchev–Trinajstić information content (AvgIpc) is 2.87. The lowest BCUT2D eigenvalue weighted by molar-refractivity contribution is -0.123. The van der Waals surface area contributed by atoms with Crippen LogP contribution in [0.5, 0.6) is 5.75 Å². The molecule has 0 unspecified atom stereocenters. The van der Waals surface area contributed by atoms with Gasteiger partial charge in [0.1, 0.15) is 17.3 Å². The fraction of sp³-hybridized carbons (Fsp3) is 0.158. The summed E-state index contributed by atoms with van der Waals surface area (Å²) in [5.74, 6) is -0.380. The molecule has 0 spiro atoms. The molecule has 1 saturated heterocycles. The standard InChI is InChI=1S/C19H16BrFN2O3/c1-2-26-17-8-7-14(20)9-13(17)10-16-18(24)23(19(25)22-16)11-12-5-3-4-6-15(12)21/h3-10H,2,11H2,1H3,(H,22,25)/b16-10+. The Morgan fingerprint density at radius 2 is 2.00 bits per heavy atom. The summed E-state index contributed by atoms with van der Waals surface area (Å²) in [7, 11) is 0. The van der Waals surface area contributed by atoms with Gasteiger partial charge >= 0.3 is 6.03 Å². The summed E-state index contributed by atoms with van der Waals surface area (Å²) >= 11 is 3.38. The summed E-state index contributed by atoms with van der Waals surface area (Å²) < 4.78 is 20.2. The van der Waals surface area contributed by atoms with Gasteiger partial charge in [0.15, 0.2) is 0 Å². The van der Waals surface area contributed by atoms with Crippen molar-refractivity contribution in [1.29, 1.82) is 0 Å². The summed E-state index contributed by atoms with van der Waals surface area (Å²) in [5.41, 5.74) is 1.04. The van der Waals surface area contributed by atoms with E-state index in [4.69, 9.17) is 4.74 Å². The van der Waals surface area contributed by atoms with Gasteiger partial charge in [0.2, 0.25) is 0 Å². The van der Waals surface area contributed by atoms with Crippen molar-refractivity contribution in [2.24, 2.45) is 0 Å². The third-order valence-electron chi connectivity index (χ3n) is 3.82. The van der Waals surface area contributed by atoms with Crippen LogP contribution in [0.25, 0.3) is 6.08 Å². The molecule has 26 heavy (non-hydrogen) atoms. The van der Waals surface area contributed by atoms with Crippen LogP contribution in [0, 0.1) is 5.82 Å². The Morgan fingerprint density at radius 3 is 2.73 bits per heavy atom. The highest BCUT2D eigenvalue weighted by Gasteiger charge is 2.34. The summed E-state index contributed by atoms with van der Waals surface area (Å²) in [4.78, 5) is 25.7. The van der Waals surface area contributed by atoms with Crippen molar-refractivity contribution < 1.29 is 18.7 Å². The maximum atomic E-state index is 13.8. The number of carbonyl (C=O) groups excluding carboxylic acids is 2. The number of carbonyl (C=O) groups is 2. The average molecular weight is 419 g/mol. The van der Waals surface area contributed by atoms with Crippen LogP contribution in [-0.4, -0.2) is 23.4 Å². The molecule has 0 aliphatic carbocycles. The topological polar surface area (TPSA) is 58.6 Å². The molecule has 1 N–H and O–H groups in total. The minimum atomic E-state index is -0.586. The summed E-state index contributed by atoms with van der Waals surface area (Å²) in [6.45, 7) is 2.20. The lowest BCUT2D eigenvalue weighted by Crippen LogP contribution is -2.30. The number of imide groups is 1. The van der Waals surface area contributed by atoms with Crippen LogP contribution in [0.15, 0.2) is 52.6 Å². The number of hydrogen-bond acceptors (Lipinski definition) is 3. The molecule has 1 heterocycles. The molecule has 5 nitrogen and oxygen atoms in total. The Hall–Kier alpha value is -2.67. The van der Waals surface area contributed by atoms with Crippen molar-refractivity contribution in [3.63, 3.8) is 0 Å². The third kappa shape index (κ3) is 3.77. The Balaban J connectivity index is 1.88. The van der Waals surface area contributed by atoms with Crippen LogP contribution in [0.3, 0.4) is 0 Å². The van der Waals surface area contributed by atoms with E-state index in [-0.39, 0.29) is 17.8 Å². The molecule has 0 aromatic heterocycles. The first-order chi connectivity index (χ1) is 12.5. The number of ether oxygens (including phenoxy) is 1. The van der Waals surface area contributed by atoms with Gasteiger partial charge in [-0.1, -0.05) is 34.1 Å². The zero-order chi connectivity index (χ0) is 18.7. The smallest absolute Gasteiger partial charge is 0.329 e. The van der Waals surface area contributed by atoms with Crippen molar-refractivity contribution in [2.75, 3.05) is 6.61 Å². The van der Waals surface area contributed by atoms with Crippen LogP contribution in [0.1, 0.15) is 18.1 Å². The van der Waals surface area contributed by atoms with E-state index in [1.807, 2.05) is 13.0 Å². The molecule has 1 aliphatic rings. The number of amides is 3. The van der Waals surface area contributed by atoms with E-state index < -0.39 is 17.8 Å². The first-order valence-corrected chi connectivity index (χ1v) is 8.79. The molecule has 0 saturated carbocycles. The fourth-order valence-corrected chi connectivity index (χ4v) is 2.97. The van der Waals surface area contributed by atoms with Gasteiger partial charge < -0.3 is 10.1 Å². The molecule has 0 bridgehead atoms. The second-order valence-corrected chi connectivity index (χ2v) is 6.50. The van der Waals surface area contributed by atoms with Crippen molar-refractivity contribution in [1.82, 2.24) is 10.2 Å². The Kier molecular flexibility index (Phi) is 5.37. The quantitative estimate of drug-likeness (QED) is 0.587. The zero-order valence-corrected chi connectivity index (χ0v) is 15.5. The third-order valence-corrected chi connectivity index (χ3v) is 4.31. The Bertz CT molecular complexity index is 898. The SMILES string of the molecule is CCOc1ccc(Br)cc1/C=C1/NC(=O)N(Cc2ccccc2F)C1=O. The van der Waals surface area contributed by atoms with Crippen LogP contribution < -0.4 is 10.1 Å². The van der Waals surface area contributed by atoms with Crippen LogP contribution >= 0.6 is 15.9 Å². The first-order valence-electron chi connectivity index (χ1n) is 8.00. The monoisotopic (exact) mass is 418 g/mol. The van der Waals surface area contributed by atoms with E-state index in [9.17, 15) is 14.0 Å². The number of urea groups is 1. The number of benzene rings is 2. The Labute approximate surface area is 158 Å². The van der Waals surface area contributed by atoms with E-state index in [1.54, 1.807) is 36.4 Å². The number of rotatable bonds is 5. The largest absolute Gasteiger partial charge is 0.493 e. The number of nitrogens with one attached hydrogen (secondary N) is 1. The molecule has 3 rings (SSSR count). The minimum absolute atomic E-state index is 0.116. The molecule has 134 valence electrons. The molecule has 1 aliphatic heterocycles. The van der Waals surface area contributed by atoms with E-state index in [1.165, 1.54) is 6.07 Å². The van der Waals surface area contributed by atoms with E-state index in [0.717, 1.165) is 9.37 Å². The van der Waals surface area contributed by atoms with Gasteiger partial charge in [-0.05, 0) is 37.3 Å². The van der Waals surface area contributed by atoms with Crippen molar-refractivity contribution in [3.05, 3.63) is 69.6 Å². The molecule has 2 aromatic rings. The molecule has 0 atom stereocenters. The van der Waals surface area contributed by atoms with E-state index >= 15 is 0 Å². The van der Waals surface area contributed by atoms with E-state index in [2.05, 4.69) is 21.2 Å². The summed E-state index contributed by atoms with van der Waals surface area (Å²) in [6, 6.07) is 10.8. The van der Waals surface area contributed by atoms with Crippen LogP contribution in [0.4, 0.5) is 9.18 Å². The molecular formula is C19H16BrFN2O3. The highest BCUT2D eigenvalue weighted by molar-refractivity contribution is 9.10. The van der Waals surface area contributed by atoms with Gasteiger partial charge in [-0.25, -0.2) is 9.18 Å². The first kappa shape index (κ1) is 18.1. The fourth-order valence-electron chi connectivity index (χ4n) is 2.59. The second kappa shape index (κ2) is 7.70. The predicted molar refractivity (Wildman–Crippen MR) is 98.8 cm³/mol. The highest BCUT2D eigenvalue weighted by atomic mass is 79.9. The second-order valence-electron chi connectivity index (χ2n) is 5.59. The van der Waals surface area contributed by atoms with Crippen molar-refractivity contribution in [3.8, 4) is 5.75 Å². The summed E-state index contributed by atoms with van der Waals surface area (Å²) in [5, 5.41) is 2.54. The number of hydrogen-bond donors (Lipinski definition) is 1. The maximum absolute atomic E-state index is 13.8. The van der Waals surface area contributed by atoms with Crippen LogP contribution in [0.2, 0.25) is 0 Å². The minimum Gasteiger partial charge on any atom is -0.493 e. The molecule has 2 aromatic carbocycles. The predicted octanol–water partition coefficient (Wildman–Crippen LogP) is 4.08. The lowest BCUT2D eigenvalue weighted by Gasteiger charge is -2.12. The van der Waals surface area contributed by atoms with E-state index in [0.29, 0.717) is 17.9 Å². The molecule has 7 heteroatoms. The van der Waals surface area contributed by atoms with Crippen LogP contribution in [-0.2, 0) is 11.3 Å². The van der Waals surface area contributed by atoms with Crippen molar-refractivity contribution >= 4 is 33.9 Å². The normalized spacial score (nSPS) is 15.5. The van der Waals surface area contributed by atoms with Crippen molar-refractivity contribution in [2.45, 2.75) is 13.5 Å². The van der Waals surface area contributed by atoms with Gasteiger partial charge in [-0.3, -0.25) is 9.69 Å². The molecule has 3 amide bonds.